The summed E-state index contributed by atoms with van der Waals surface area (Å²) in [6.07, 6.45) is 2.45. The number of rotatable bonds is 6. The van der Waals surface area contributed by atoms with E-state index in [9.17, 15) is 8.42 Å². The molecule has 0 spiro atoms. The van der Waals surface area contributed by atoms with E-state index in [4.69, 9.17) is 9.47 Å². The van der Waals surface area contributed by atoms with E-state index in [0.717, 1.165) is 18.8 Å². The maximum Gasteiger partial charge on any atom is 0.262 e. The van der Waals surface area contributed by atoms with Crippen molar-refractivity contribution in [3.8, 4) is 11.5 Å². The average molecular weight is 391 g/mol. The first-order chi connectivity index (χ1) is 12.9. The minimum absolute atomic E-state index is 0.120. The molecule has 2 aromatic rings. The van der Waals surface area contributed by atoms with Gasteiger partial charge in [-0.2, -0.15) is 0 Å². The minimum atomic E-state index is -3.72. The molecule has 1 unspecified atom stereocenters. The van der Waals surface area contributed by atoms with Crippen molar-refractivity contribution in [3.05, 3.63) is 42.5 Å². The first kappa shape index (κ1) is 19.4. The Bertz CT molecular complexity index is 881. The molecule has 7 heteroatoms. The summed E-state index contributed by atoms with van der Waals surface area (Å²) in [6, 6.07) is 12.0. The molecule has 0 amide bonds. The first-order valence-electron chi connectivity index (χ1n) is 9.03. The largest absolute Gasteiger partial charge is 0.493 e. The number of piperidine rings is 1. The molecular formula is C20H26N2O4S. The predicted molar refractivity (Wildman–Crippen MR) is 107 cm³/mol. The smallest absolute Gasteiger partial charge is 0.262 e. The maximum absolute atomic E-state index is 12.7. The van der Waals surface area contributed by atoms with Gasteiger partial charge < -0.3 is 14.4 Å². The summed E-state index contributed by atoms with van der Waals surface area (Å²) in [5, 5.41) is 0. The standard InChI is InChI=1S/C20H26N2O4S/c1-15-5-4-12-22(14-15)17-8-6-16(7-9-17)21-27(23,24)18-10-11-19(25-2)20(13-18)26-3/h6-11,13,15,21H,4-5,12,14H2,1-3H3. The highest BCUT2D eigenvalue weighted by molar-refractivity contribution is 7.92. The Kier molecular flexibility index (Phi) is 5.79. The van der Waals surface area contributed by atoms with Gasteiger partial charge in [-0.15, -0.1) is 0 Å². The van der Waals surface area contributed by atoms with Crippen LogP contribution in [0.4, 0.5) is 11.4 Å². The van der Waals surface area contributed by atoms with Crippen LogP contribution < -0.4 is 19.1 Å². The van der Waals surface area contributed by atoms with Gasteiger partial charge in [-0.1, -0.05) is 6.92 Å². The third kappa shape index (κ3) is 4.47. The van der Waals surface area contributed by atoms with Crippen molar-refractivity contribution in [2.45, 2.75) is 24.7 Å². The van der Waals surface area contributed by atoms with Gasteiger partial charge in [-0.25, -0.2) is 8.42 Å². The van der Waals surface area contributed by atoms with E-state index in [1.807, 2.05) is 12.1 Å². The average Bonchev–Trinajstić information content (AvgIpc) is 2.67. The van der Waals surface area contributed by atoms with Crippen molar-refractivity contribution in [1.29, 1.82) is 0 Å². The van der Waals surface area contributed by atoms with Gasteiger partial charge in [0.1, 0.15) is 0 Å². The van der Waals surface area contributed by atoms with Crippen LogP contribution in [0.2, 0.25) is 0 Å². The summed E-state index contributed by atoms with van der Waals surface area (Å²) >= 11 is 0. The second kappa shape index (κ2) is 8.08. The Labute approximate surface area is 161 Å². The number of nitrogens with zero attached hydrogens (tertiary/aromatic N) is 1. The summed E-state index contributed by atoms with van der Waals surface area (Å²) in [4.78, 5) is 2.47. The lowest BCUT2D eigenvalue weighted by Gasteiger charge is -2.32. The Morgan fingerprint density at radius 2 is 1.74 bits per heavy atom. The lowest BCUT2D eigenvalue weighted by atomic mass is 10.00. The van der Waals surface area contributed by atoms with Gasteiger partial charge in [0.25, 0.3) is 10.0 Å². The second-order valence-electron chi connectivity index (χ2n) is 6.86. The molecule has 1 aliphatic heterocycles. The Hall–Kier alpha value is -2.41. The van der Waals surface area contributed by atoms with Gasteiger partial charge in [-0.3, -0.25) is 4.72 Å². The number of anilines is 2. The molecule has 2 aromatic carbocycles. The molecule has 3 rings (SSSR count). The Morgan fingerprint density at radius 3 is 2.37 bits per heavy atom. The number of benzene rings is 2. The van der Waals surface area contributed by atoms with E-state index in [0.29, 0.717) is 23.1 Å². The van der Waals surface area contributed by atoms with E-state index < -0.39 is 10.0 Å². The topological polar surface area (TPSA) is 67.9 Å². The fourth-order valence-electron chi connectivity index (χ4n) is 3.36. The van der Waals surface area contributed by atoms with Crippen molar-refractivity contribution in [2.24, 2.45) is 5.92 Å². The molecule has 0 radical (unpaired) electrons. The monoisotopic (exact) mass is 390 g/mol. The van der Waals surface area contributed by atoms with Crippen LogP contribution in [0.15, 0.2) is 47.4 Å². The van der Waals surface area contributed by atoms with Crippen molar-refractivity contribution in [1.82, 2.24) is 0 Å². The zero-order valence-electron chi connectivity index (χ0n) is 15.9. The lowest BCUT2D eigenvalue weighted by molar-refractivity contribution is 0.354. The minimum Gasteiger partial charge on any atom is -0.493 e. The zero-order chi connectivity index (χ0) is 19.4. The Morgan fingerprint density at radius 1 is 1.04 bits per heavy atom. The van der Waals surface area contributed by atoms with Crippen LogP contribution >= 0.6 is 0 Å². The SMILES string of the molecule is COc1ccc(S(=O)(=O)Nc2ccc(N3CCCC(C)C3)cc2)cc1OC. The third-order valence-corrected chi connectivity index (χ3v) is 6.19. The molecule has 146 valence electrons. The molecule has 0 aliphatic carbocycles. The number of hydrogen-bond acceptors (Lipinski definition) is 5. The molecule has 0 bridgehead atoms. The summed E-state index contributed by atoms with van der Waals surface area (Å²) in [5.41, 5.74) is 1.65. The Balaban J connectivity index is 1.76. The molecule has 1 aliphatic rings. The van der Waals surface area contributed by atoms with Crippen LogP contribution in [0.3, 0.4) is 0 Å². The summed E-state index contributed by atoms with van der Waals surface area (Å²) in [5.74, 6) is 1.54. The van der Waals surface area contributed by atoms with Gasteiger partial charge in [0.15, 0.2) is 11.5 Å². The van der Waals surface area contributed by atoms with E-state index in [2.05, 4.69) is 16.5 Å². The van der Waals surface area contributed by atoms with Gasteiger partial charge >= 0.3 is 0 Å². The fourth-order valence-corrected chi connectivity index (χ4v) is 4.44. The fraction of sp³-hybridized carbons (Fsp3) is 0.400. The molecular weight excluding hydrogens is 364 g/mol. The van der Waals surface area contributed by atoms with Gasteiger partial charge in [-0.05, 0) is 55.2 Å². The number of nitrogens with one attached hydrogen (secondary N) is 1. The summed E-state index contributed by atoms with van der Waals surface area (Å²) < 4.78 is 38.3. The van der Waals surface area contributed by atoms with Crippen molar-refractivity contribution >= 4 is 21.4 Å². The highest BCUT2D eigenvalue weighted by atomic mass is 32.2. The summed E-state index contributed by atoms with van der Waals surface area (Å²) in [6.45, 7) is 4.34. The number of hydrogen-bond donors (Lipinski definition) is 1. The summed E-state index contributed by atoms with van der Waals surface area (Å²) in [7, 11) is -0.734. The van der Waals surface area contributed by atoms with Gasteiger partial charge in [0.2, 0.25) is 0 Å². The van der Waals surface area contributed by atoms with E-state index >= 15 is 0 Å². The predicted octanol–water partition coefficient (Wildman–Crippen LogP) is 3.74. The number of sulfonamides is 1. The van der Waals surface area contributed by atoms with Crippen LogP contribution in [-0.2, 0) is 10.0 Å². The van der Waals surface area contributed by atoms with Crippen LogP contribution in [0.25, 0.3) is 0 Å². The normalized spacial score (nSPS) is 17.4. The molecule has 1 N–H and O–H groups in total. The molecule has 0 saturated carbocycles. The van der Waals surface area contributed by atoms with E-state index in [-0.39, 0.29) is 4.90 Å². The first-order valence-corrected chi connectivity index (χ1v) is 10.5. The lowest BCUT2D eigenvalue weighted by Crippen LogP contribution is -2.34. The highest BCUT2D eigenvalue weighted by Gasteiger charge is 2.19. The van der Waals surface area contributed by atoms with Gasteiger partial charge in [0.05, 0.1) is 19.1 Å². The van der Waals surface area contributed by atoms with Crippen LogP contribution in [0.5, 0.6) is 11.5 Å². The second-order valence-corrected chi connectivity index (χ2v) is 8.54. The molecule has 1 fully saturated rings. The quantitative estimate of drug-likeness (QED) is 0.814. The van der Waals surface area contributed by atoms with Gasteiger partial charge in [0, 0.05) is 30.5 Å². The molecule has 0 aromatic heterocycles. The maximum atomic E-state index is 12.7. The number of ether oxygens (including phenoxy) is 2. The molecule has 1 heterocycles. The van der Waals surface area contributed by atoms with Crippen LogP contribution in [0.1, 0.15) is 19.8 Å². The van der Waals surface area contributed by atoms with Crippen molar-refractivity contribution < 1.29 is 17.9 Å². The van der Waals surface area contributed by atoms with Crippen LogP contribution in [-0.4, -0.2) is 35.7 Å². The van der Waals surface area contributed by atoms with Crippen LogP contribution in [0, 0.1) is 5.92 Å². The van der Waals surface area contributed by atoms with Crippen molar-refractivity contribution in [2.75, 3.05) is 36.9 Å². The van der Waals surface area contributed by atoms with E-state index in [1.165, 1.54) is 39.2 Å². The highest BCUT2D eigenvalue weighted by Crippen LogP contribution is 2.30. The molecule has 1 atom stereocenters. The van der Waals surface area contributed by atoms with Crippen molar-refractivity contribution in [3.63, 3.8) is 0 Å². The molecule has 1 saturated heterocycles. The third-order valence-electron chi connectivity index (χ3n) is 4.81. The number of methoxy groups -OCH3 is 2. The molecule has 27 heavy (non-hydrogen) atoms. The van der Waals surface area contributed by atoms with E-state index in [1.54, 1.807) is 18.2 Å². The zero-order valence-corrected chi connectivity index (χ0v) is 16.8. The molecule has 6 nitrogen and oxygen atoms in total.